The number of halogens is 3. The van der Waals surface area contributed by atoms with E-state index < -0.39 is 18.1 Å². The van der Waals surface area contributed by atoms with Crippen molar-refractivity contribution in [2.24, 2.45) is 0 Å². The number of amides is 2. The van der Waals surface area contributed by atoms with Crippen molar-refractivity contribution in [3.8, 4) is 0 Å². The molecule has 33 heavy (non-hydrogen) atoms. The summed E-state index contributed by atoms with van der Waals surface area (Å²) in [6.07, 6.45) is -3.32. The highest BCUT2D eigenvalue weighted by Gasteiger charge is 2.42. The number of fused-ring (bicyclic) bond motifs is 5. The quantitative estimate of drug-likeness (QED) is 0.714. The second-order valence-electron chi connectivity index (χ2n) is 8.48. The first-order chi connectivity index (χ1) is 15.7. The van der Waals surface area contributed by atoms with E-state index in [9.17, 15) is 22.8 Å². The molecule has 4 rings (SSSR count). The molecule has 0 radical (unpaired) electrons. The van der Waals surface area contributed by atoms with E-state index in [0.29, 0.717) is 31.5 Å². The minimum Gasteiger partial charge on any atom is -0.363 e. The Bertz CT molecular complexity index is 1060. The highest BCUT2D eigenvalue weighted by Crippen LogP contribution is 2.48. The van der Waals surface area contributed by atoms with Crippen LogP contribution in [0.5, 0.6) is 0 Å². The molecule has 2 unspecified atom stereocenters. The summed E-state index contributed by atoms with van der Waals surface area (Å²) in [6.45, 7) is 3.06. The van der Waals surface area contributed by atoms with Gasteiger partial charge in [-0.15, -0.1) is 0 Å². The molecule has 2 aliphatic rings. The third kappa shape index (κ3) is 4.49. The van der Waals surface area contributed by atoms with Crippen LogP contribution in [0.3, 0.4) is 0 Å². The SMILES string of the molecule is CCCNC(=O)c1ccc2c(c1)N(C)c1ccccc1C1CC(NC(=O)C(F)(F)F)CCN21. The molecule has 2 aromatic carbocycles. The molecule has 2 heterocycles. The van der Waals surface area contributed by atoms with Gasteiger partial charge in [0.15, 0.2) is 0 Å². The van der Waals surface area contributed by atoms with Gasteiger partial charge in [0.1, 0.15) is 0 Å². The summed E-state index contributed by atoms with van der Waals surface area (Å²) in [6, 6.07) is 12.5. The average molecular weight is 461 g/mol. The van der Waals surface area contributed by atoms with Crippen LogP contribution < -0.4 is 20.4 Å². The lowest BCUT2D eigenvalue weighted by Gasteiger charge is -2.41. The minimum atomic E-state index is -4.90. The molecule has 0 aliphatic carbocycles. The Balaban J connectivity index is 1.71. The van der Waals surface area contributed by atoms with Crippen molar-refractivity contribution in [2.45, 2.75) is 44.4 Å². The van der Waals surface area contributed by atoms with Crippen LogP contribution in [0.4, 0.5) is 30.2 Å². The lowest BCUT2D eigenvalue weighted by molar-refractivity contribution is -0.174. The summed E-state index contributed by atoms with van der Waals surface area (Å²) in [5, 5.41) is 5.06. The van der Waals surface area contributed by atoms with Crippen LogP contribution in [0.15, 0.2) is 42.5 Å². The molecule has 0 aromatic heterocycles. The standard InChI is InChI=1S/C24H27F3N4O2/c1-3-11-28-22(32)15-8-9-19-21(13-15)30(2)18-7-5-4-6-17(18)20-14-16(10-12-31(19)20)29-23(33)24(25,26)27/h4-9,13,16,20H,3,10-12,14H2,1-2H3,(H,28,32)(H,29,33). The van der Waals surface area contributed by atoms with Crippen LogP contribution in [-0.2, 0) is 4.79 Å². The Labute approximate surface area is 190 Å². The van der Waals surface area contributed by atoms with Gasteiger partial charge in [0.05, 0.1) is 17.4 Å². The van der Waals surface area contributed by atoms with Gasteiger partial charge in [0.25, 0.3) is 5.91 Å². The summed E-state index contributed by atoms with van der Waals surface area (Å²) in [5.41, 5.74) is 4.20. The minimum absolute atomic E-state index is 0.143. The Morgan fingerprint density at radius 3 is 2.58 bits per heavy atom. The molecule has 2 N–H and O–H groups in total. The molecule has 0 spiro atoms. The number of anilines is 3. The van der Waals surface area contributed by atoms with E-state index in [0.717, 1.165) is 29.0 Å². The van der Waals surface area contributed by atoms with Crippen LogP contribution >= 0.6 is 0 Å². The summed E-state index contributed by atoms with van der Waals surface area (Å²) in [5.74, 6) is -2.04. The molecule has 2 aromatic rings. The van der Waals surface area contributed by atoms with Crippen molar-refractivity contribution in [2.75, 3.05) is 29.9 Å². The molecule has 0 bridgehead atoms. The number of nitrogens with zero attached hydrogens (tertiary/aromatic N) is 2. The Hall–Kier alpha value is -3.23. The van der Waals surface area contributed by atoms with Gasteiger partial charge in [-0.05, 0) is 49.1 Å². The van der Waals surface area contributed by atoms with Gasteiger partial charge in [-0.25, -0.2) is 0 Å². The fraction of sp³-hybridized carbons (Fsp3) is 0.417. The molecule has 1 saturated heterocycles. The van der Waals surface area contributed by atoms with Gasteiger partial charge in [0.2, 0.25) is 0 Å². The summed E-state index contributed by atoms with van der Waals surface area (Å²) < 4.78 is 38.4. The highest BCUT2D eigenvalue weighted by molar-refractivity contribution is 5.97. The first kappa shape index (κ1) is 22.9. The van der Waals surface area contributed by atoms with Crippen LogP contribution in [0.2, 0.25) is 0 Å². The lowest BCUT2D eigenvalue weighted by Crippen LogP contribution is -2.49. The van der Waals surface area contributed by atoms with Crippen molar-refractivity contribution in [3.05, 3.63) is 53.6 Å². The molecule has 176 valence electrons. The number of rotatable bonds is 4. The molecule has 0 saturated carbocycles. The molecule has 9 heteroatoms. The Morgan fingerprint density at radius 1 is 1.09 bits per heavy atom. The van der Waals surface area contributed by atoms with Crippen LogP contribution in [0.25, 0.3) is 0 Å². The third-order valence-corrected chi connectivity index (χ3v) is 6.30. The smallest absolute Gasteiger partial charge is 0.363 e. The maximum absolute atomic E-state index is 12.8. The number of benzene rings is 2. The topological polar surface area (TPSA) is 64.7 Å². The van der Waals surface area contributed by atoms with Crippen molar-refractivity contribution in [1.29, 1.82) is 0 Å². The van der Waals surface area contributed by atoms with Gasteiger partial charge >= 0.3 is 12.1 Å². The van der Waals surface area contributed by atoms with Gasteiger partial charge in [-0.2, -0.15) is 13.2 Å². The number of hydrogen-bond acceptors (Lipinski definition) is 4. The average Bonchev–Trinajstić information content (AvgIpc) is 2.90. The third-order valence-electron chi connectivity index (χ3n) is 6.30. The predicted octanol–water partition coefficient (Wildman–Crippen LogP) is 4.30. The summed E-state index contributed by atoms with van der Waals surface area (Å²) in [4.78, 5) is 28.3. The zero-order valence-corrected chi connectivity index (χ0v) is 18.6. The first-order valence-electron chi connectivity index (χ1n) is 11.1. The second kappa shape index (κ2) is 8.96. The zero-order valence-electron chi connectivity index (χ0n) is 18.6. The number of carbonyl (C=O) groups is 2. The molecule has 2 aliphatic heterocycles. The Kier molecular flexibility index (Phi) is 6.23. The second-order valence-corrected chi connectivity index (χ2v) is 8.48. The summed E-state index contributed by atoms with van der Waals surface area (Å²) in [7, 11) is 1.92. The zero-order chi connectivity index (χ0) is 23.8. The number of hydrogen-bond donors (Lipinski definition) is 2. The van der Waals surface area contributed by atoms with Crippen LogP contribution in [-0.4, -0.2) is 44.2 Å². The van der Waals surface area contributed by atoms with E-state index >= 15 is 0 Å². The maximum Gasteiger partial charge on any atom is 0.471 e. The van der Waals surface area contributed by atoms with Gasteiger partial charge < -0.3 is 20.4 Å². The molecular weight excluding hydrogens is 433 g/mol. The molecule has 1 fully saturated rings. The van der Waals surface area contributed by atoms with Crippen molar-refractivity contribution < 1.29 is 22.8 Å². The highest BCUT2D eigenvalue weighted by atomic mass is 19.4. The van der Waals surface area contributed by atoms with E-state index in [1.54, 1.807) is 6.07 Å². The van der Waals surface area contributed by atoms with Crippen molar-refractivity contribution >= 4 is 28.9 Å². The molecule has 2 atom stereocenters. The van der Waals surface area contributed by atoms with E-state index in [2.05, 4.69) is 15.5 Å². The first-order valence-corrected chi connectivity index (χ1v) is 11.1. The molecule has 2 amide bonds. The number of alkyl halides is 3. The molecule has 6 nitrogen and oxygen atoms in total. The Morgan fingerprint density at radius 2 is 1.85 bits per heavy atom. The van der Waals surface area contributed by atoms with Crippen molar-refractivity contribution in [1.82, 2.24) is 10.6 Å². The normalized spacial score (nSPS) is 19.7. The van der Waals surface area contributed by atoms with E-state index in [1.165, 1.54) is 0 Å². The number of nitrogens with one attached hydrogen (secondary N) is 2. The van der Waals surface area contributed by atoms with Crippen LogP contribution in [0, 0.1) is 0 Å². The molecular formula is C24H27F3N4O2. The number of piperidine rings is 1. The monoisotopic (exact) mass is 460 g/mol. The predicted molar refractivity (Wildman–Crippen MR) is 121 cm³/mol. The lowest BCUT2D eigenvalue weighted by atomic mass is 9.90. The van der Waals surface area contributed by atoms with Crippen LogP contribution in [0.1, 0.15) is 48.1 Å². The van der Waals surface area contributed by atoms with Gasteiger partial charge in [-0.3, -0.25) is 9.59 Å². The van der Waals surface area contributed by atoms with Gasteiger partial charge in [0, 0.05) is 37.4 Å². The largest absolute Gasteiger partial charge is 0.471 e. The fourth-order valence-electron chi connectivity index (χ4n) is 4.67. The van der Waals surface area contributed by atoms with E-state index in [1.807, 2.05) is 55.3 Å². The number of para-hydroxylation sites is 1. The van der Waals surface area contributed by atoms with Crippen molar-refractivity contribution in [3.63, 3.8) is 0 Å². The number of carbonyl (C=O) groups excluding carboxylic acids is 2. The fourth-order valence-corrected chi connectivity index (χ4v) is 4.67. The maximum atomic E-state index is 12.8. The van der Waals surface area contributed by atoms with E-state index in [4.69, 9.17) is 0 Å². The summed E-state index contributed by atoms with van der Waals surface area (Å²) >= 11 is 0. The van der Waals surface area contributed by atoms with E-state index in [-0.39, 0.29) is 11.9 Å². The van der Waals surface area contributed by atoms with Gasteiger partial charge in [-0.1, -0.05) is 25.1 Å².